The molecule has 8 heteroatoms. The molecule has 1 amide bonds. The molecule has 3 aromatic rings. The second-order valence-corrected chi connectivity index (χ2v) is 6.49. The predicted octanol–water partition coefficient (Wildman–Crippen LogP) is 5.98. The number of alkyl halides is 3. The van der Waals surface area contributed by atoms with E-state index >= 15 is 0 Å². The summed E-state index contributed by atoms with van der Waals surface area (Å²) in [4.78, 5) is 23.8. The third kappa shape index (κ3) is 4.57. The van der Waals surface area contributed by atoms with E-state index in [9.17, 15) is 22.8 Å². The highest BCUT2D eigenvalue weighted by Crippen LogP contribution is 2.34. The van der Waals surface area contributed by atoms with Crippen LogP contribution in [0.4, 0.5) is 18.9 Å². The number of carboxylic acids is 1. The van der Waals surface area contributed by atoms with Gasteiger partial charge in [0.1, 0.15) is 0 Å². The summed E-state index contributed by atoms with van der Waals surface area (Å²) < 4.78 is 39.5. The highest BCUT2D eigenvalue weighted by Gasteiger charge is 2.32. The fourth-order valence-corrected chi connectivity index (χ4v) is 3.00. The Labute approximate surface area is 168 Å². The van der Waals surface area contributed by atoms with Crippen molar-refractivity contribution in [3.8, 4) is 11.1 Å². The van der Waals surface area contributed by atoms with E-state index in [1.165, 1.54) is 24.3 Å². The Kier molecular flexibility index (Phi) is 5.61. The molecule has 0 saturated heterocycles. The standard InChI is InChI=1S/C21H13ClF3NO3/c22-18-11-14(7-9-16(18)20(28)29)26-19(27)17-10-13(21(23,24)25)6-8-15(17)12-4-2-1-3-5-12/h1-11H,(H,26,27)(H,28,29). The minimum absolute atomic E-state index is 0.109. The van der Waals surface area contributed by atoms with E-state index in [0.717, 1.165) is 12.1 Å². The summed E-state index contributed by atoms with van der Waals surface area (Å²) >= 11 is 5.89. The maximum atomic E-state index is 13.2. The van der Waals surface area contributed by atoms with Crippen molar-refractivity contribution in [3.63, 3.8) is 0 Å². The highest BCUT2D eigenvalue weighted by molar-refractivity contribution is 6.33. The van der Waals surface area contributed by atoms with Gasteiger partial charge in [0.2, 0.25) is 0 Å². The molecule has 0 bridgehead atoms. The molecule has 0 aromatic heterocycles. The van der Waals surface area contributed by atoms with Gasteiger partial charge in [0, 0.05) is 11.3 Å². The van der Waals surface area contributed by atoms with Gasteiger partial charge in [-0.25, -0.2) is 4.79 Å². The average Bonchev–Trinajstić information content (AvgIpc) is 2.67. The van der Waals surface area contributed by atoms with E-state index < -0.39 is 23.6 Å². The lowest BCUT2D eigenvalue weighted by atomic mass is 9.96. The van der Waals surface area contributed by atoms with Crippen molar-refractivity contribution >= 4 is 29.2 Å². The van der Waals surface area contributed by atoms with Gasteiger partial charge in [-0.2, -0.15) is 13.2 Å². The molecule has 0 aliphatic carbocycles. The second-order valence-electron chi connectivity index (χ2n) is 6.08. The largest absolute Gasteiger partial charge is 0.478 e. The Morgan fingerprint density at radius 1 is 0.897 bits per heavy atom. The lowest BCUT2D eigenvalue weighted by molar-refractivity contribution is -0.137. The number of hydrogen-bond acceptors (Lipinski definition) is 2. The molecule has 0 fully saturated rings. The molecular weight excluding hydrogens is 407 g/mol. The molecule has 3 rings (SSSR count). The van der Waals surface area contributed by atoms with E-state index in [0.29, 0.717) is 11.1 Å². The van der Waals surface area contributed by atoms with E-state index in [2.05, 4.69) is 5.32 Å². The van der Waals surface area contributed by atoms with Crippen LogP contribution in [0.5, 0.6) is 0 Å². The highest BCUT2D eigenvalue weighted by atomic mass is 35.5. The first kappa shape index (κ1) is 20.4. The van der Waals surface area contributed by atoms with E-state index in [1.807, 2.05) is 0 Å². The molecule has 0 aliphatic heterocycles. The molecule has 0 unspecified atom stereocenters. The third-order valence-corrected chi connectivity index (χ3v) is 4.45. The summed E-state index contributed by atoms with van der Waals surface area (Å²) in [6.07, 6.45) is -4.61. The van der Waals surface area contributed by atoms with Gasteiger partial charge in [0.15, 0.2) is 0 Å². The number of rotatable bonds is 4. The van der Waals surface area contributed by atoms with Crippen molar-refractivity contribution < 1.29 is 27.9 Å². The van der Waals surface area contributed by atoms with Crippen LogP contribution in [-0.2, 0) is 6.18 Å². The number of carboxylic acid groups (broad SMARTS) is 1. The molecule has 3 aromatic carbocycles. The molecule has 0 radical (unpaired) electrons. The summed E-state index contributed by atoms with van der Waals surface area (Å²) in [6.45, 7) is 0. The normalized spacial score (nSPS) is 11.2. The monoisotopic (exact) mass is 419 g/mol. The average molecular weight is 420 g/mol. The van der Waals surface area contributed by atoms with E-state index in [-0.39, 0.29) is 21.8 Å². The van der Waals surface area contributed by atoms with Crippen LogP contribution in [0.15, 0.2) is 66.7 Å². The maximum absolute atomic E-state index is 13.2. The molecule has 29 heavy (non-hydrogen) atoms. The molecule has 2 N–H and O–H groups in total. The number of carbonyl (C=O) groups is 2. The van der Waals surface area contributed by atoms with Crippen LogP contribution >= 0.6 is 11.6 Å². The quantitative estimate of drug-likeness (QED) is 0.547. The topological polar surface area (TPSA) is 66.4 Å². The molecule has 148 valence electrons. The van der Waals surface area contributed by atoms with Crippen LogP contribution in [0, 0.1) is 0 Å². The second kappa shape index (κ2) is 7.97. The van der Waals surface area contributed by atoms with Crippen molar-refractivity contribution in [3.05, 3.63) is 88.4 Å². The molecule has 4 nitrogen and oxygen atoms in total. The van der Waals surface area contributed by atoms with Crippen LogP contribution < -0.4 is 5.32 Å². The van der Waals surface area contributed by atoms with Gasteiger partial charge in [0.05, 0.1) is 16.1 Å². The van der Waals surface area contributed by atoms with Crippen molar-refractivity contribution in [2.24, 2.45) is 0 Å². The Morgan fingerprint density at radius 2 is 1.59 bits per heavy atom. The third-order valence-electron chi connectivity index (χ3n) is 4.13. The van der Waals surface area contributed by atoms with E-state index in [1.54, 1.807) is 30.3 Å². The summed E-state index contributed by atoms with van der Waals surface area (Å²) in [5.41, 5.74) is -0.240. The minimum atomic E-state index is -4.61. The number of carbonyl (C=O) groups excluding carboxylic acids is 1. The Bertz CT molecular complexity index is 1080. The van der Waals surface area contributed by atoms with Gasteiger partial charge in [-0.15, -0.1) is 0 Å². The van der Waals surface area contributed by atoms with Gasteiger partial charge in [0.25, 0.3) is 5.91 Å². The lowest BCUT2D eigenvalue weighted by Crippen LogP contribution is -2.15. The van der Waals surface area contributed by atoms with E-state index in [4.69, 9.17) is 16.7 Å². The number of aromatic carboxylic acids is 1. The van der Waals surface area contributed by atoms with Gasteiger partial charge in [-0.3, -0.25) is 4.79 Å². The minimum Gasteiger partial charge on any atom is -0.478 e. The van der Waals surface area contributed by atoms with Crippen molar-refractivity contribution in [2.75, 3.05) is 5.32 Å². The van der Waals surface area contributed by atoms with Crippen molar-refractivity contribution in [1.82, 2.24) is 0 Å². The zero-order chi connectivity index (χ0) is 21.2. The predicted molar refractivity (Wildman–Crippen MR) is 103 cm³/mol. The van der Waals surface area contributed by atoms with Gasteiger partial charge >= 0.3 is 12.1 Å². The lowest BCUT2D eigenvalue weighted by Gasteiger charge is -2.14. The number of benzene rings is 3. The number of halogens is 4. The number of hydrogen-bond donors (Lipinski definition) is 2. The molecule has 0 heterocycles. The van der Waals surface area contributed by atoms with Gasteiger partial charge in [-0.05, 0) is 41.5 Å². The molecule has 0 saturated carbocycles. The maximum Gasteiger partial charge on any atom is 0.416 e. The number of anilines is 1. The Hall–Kier alpha value is -3.32. The molecule has 0 atom stereocenters. The molecular formula is C21H13ClF3NO3. The van der Waals surface area contributed by atoms with Crippen LogP contribution in [0.25, 0.3) is 11.1 Å². The zero-order valence-electron chi connectivity index (χ0n) is 14.6. The van der Waals surface area contributed by atoms with Gasteiger partial charge < -0.3 is 10.4 Å². The fraction of sp³-hybridized carbons (Fsp3) is 0.0476. The SMILES string of the molecule is O=C(O)c1ccc(NC(=O)c2cc(C(F)(F)F)ccc2-c2ccccc2)cc1Cl. The Morgan fingerprint density at radius 3 is 2.17 bits per heavy atom. The zero-order valence-corrected chi connectivity index (χ0v) is 15.4. The van der Waals surface area contributed by atoms with Crippen LogP contribution in [-0.4, -0.2) is 17.0 Å². The summed E-state index contributed by atoms with van der Waals surface area (Å²) in [5.74, 6) is -2.02. The summed E-state index contributed by atoms with van der Waals surface area (Å²) in [6, 6.07) is 15.2. The summed E-state index contributed by atoms with van der Waals surface area (Å²) in [7, 11) is 0. The van der Waals surface area contributed by atoms with Crippen LogP contribution in [0.1, 0.15) is 26.3 Å². The first-order valence-corrected chi connectivity index (χ1v) is 8.65. The first-order chi connectivity index (χ1) is 13.7. The first-order valence-electron chi connectivity index (χ1n) is 8.27. The molecule has 0 spiro atoms. The van der Waals surface area contributed by atoms with Crippen molar-refractivity contribution in [1.29, 1.82) is 0 Å². The number of nitrogens with one attached hydrogen (secondary N) is 1. The van der Waals surface area contributed by atoms with Crippen LogP contribution in [0.3, 0.4) is 0 Å². The number of amides is 1. The fourth-order valence-electron chi connectivity index (χ4n) is 2.74. The van der Waals surface area contributed by atoms with Gasteiger partial charge in [-0.1, -0.05) is 48.0 Å². The summed E-state index contributed by atoms with van der Waals surface area (Å²) in [5, 5.41) is 11.4. The van der Waals surface area contributed by atoms with Crippen LogP contribution in [0.2, 0.25) is 5.02 Å². The smallest absolute Gasteiger partial charge is 0.416 e. The Balaban J connectivity index is 2.02. The van der Waals surface area contributed by atoms with Crippen molar-refractivity contribution in [2.45, 2.75) is 6.18 Å². The molecule has 0 aliphatic rings.